The molecule has 0 aliphatic rings. The third-order valence-corrected chi connectivity index (χ3v) is 1.85. The van der Waals surface area contributed by atoms with Gasteiger partial charge in [0.15, 0.2) is 0 Å². The predicted octanol–water partition coefficient (Wildman–Crippen LogP) is 1.60. The van der Waals surface area contributed by atoms with Crippen molar-refractivity contribution in [2.45, 2.75) is 20.0 Å². The molecule has 0 amide bonds. The molecule has 1 aromatic rings. The number of halogens is 1. The quantitative estimate of drug-likeness (QED) is 0.671. The van der Waals surface area contributed by atoms with Crippen LogP contribution in [0.25, 0.3) is 0 Å². The molecular formula is C8H13FN2. The standard InChI is InChI=1S/C8H13FN2/c1-5-4-11-6(2)8(5)7(9)3-10/h4,7,11H,3,10H2,1-2H3. The Balaban J connectivity index is 3.00. The minimum atomic E-state index is -1.03. The molecule has 0 spiro atoms. The molecule has 0 saturated carbocycles. The fourth-order valence-electron chi connectivity index (χ4n) is 1.27. The van der Waals surface area contributed by atoms with Crippen molar-refractivity contribution < 1.29 is 4.39 Å². The van der Waals surface area contributed by atoms with Crippen LogP contribution in [0.1, 0.15) is 23.0 Å². The van der Waals surface area contributed by atoms with Gasteiger partial charge < -0.3 is 10.7 Å². The Morgan fingerprint density at radius 2 is 2.27 bits per heavy atom. The van der Waals surface area contributed by atoms with Crippen molar-refractivity contribution in [1.82, 2.24) is 4.98 Å². The van der Waals surface area contributed by atoms with Gasteiger partial charge in [-0.2, -0.15) is 0 Å². The van der Waals surface area contributed by atoms with E-state index < -0.39 is 6.17 Å². The topological polar surface area (TPSA) is 41.8 Å². The lowest BCUT2D eigenvalue weighted by Crippen LogP contribution is -2.08. The third-order valence-electron chi connectivity index (χ3n) is 1.85. The van der Waals surface area contributed by atoms with Gasteiger partial charge >= 0.3 is 0 Å². The molecule has 3 heteroatoms. The Morgan fingerprint density at radius 1 is 1.64 bits per heavy atom. The van der Waals surface area contributed by atoms with Crippen molar-refractivity contribution in [3.63, 3.8) is 0 Å². The van der Waals surface area contributed by atoms with Crippen LogP contribution in [0.5, 0.6) is 0 Å². The Kier molecular flexibility index (Phi) is 2.29. The number of aryl methyl sites for hydroxylation is 2. The summed E-state index contributed by atoms with van der Waals surface area (Å²) in [5.74, 6) is 0. The van der Waals surface area contributed by atoms with E-state index in [4.69, 9.17) is 5.73 Å². The van der Waals surface area contributed by atoms with Gasteiger partial charge in [-0.1, -0.05) is 0 Å². The lowest BCUT2D eigenvalue weighted by molar-refractivity contribution is 0.350. The summed E-state index contributed by atoms with van der Waals surface area (Å²) in [6.07, 6.45) is 0.772. The highest BCUT2D eigenvalue weighted by molar-refractivity contribution is 5.31. The molecule has 0 aliphatic heterocycles. The third kappa shape index (κ3) is 1.43. The van der Waals surface area contributed by atoms with Gasteiger partial charge in [-0.05, 0) is 19.4 Å². The van der Waals surface area contributed by atoms with E-state index in [1.54, 1.807) is 6.20 Å². The summed E-state index contributed by atoms with van der Waals surface area (Å²) in [7, 11) is 0. The van der Waals surface area contributed by atoms with Crippen LogP contribution in [0.15, 0.2) is 6.20 Å². The van der Waals surface area contributed by atoms with Crippen LogP contribution in [0.2, 0.25) is 0 Å². The van der Waals surface area contributed by atoms with Crippen LogP contribution in [-0.2, 0) is 0 Å². The average Bonchev–Trinajstić information content (AvgIpc) is 2.30. The van der Waals surface area contributed by atoms with Crippen LogP contribution in [-0.4, -0.2) is 11.5 Å². The van der Waals surface area contributed by atoms with Crippen LogP contribution in [0, 0.1) is 13.8 Å². The van der Waals surface area contributed by atoms with E-state index in [2.05, 4.69) is 4.98 Å². The van der Waals surface area contributed by atoms with Crippen molar-refractivity contribution in [2.75, 3.05) is 6.54 Å². The zero-order valence-corrected chi connectivity index (χ0v) is 6.82. The maximum atomic E-state index is 13.1. The number of hydrogen-bond donors (Lipinski definition) is 2. The molecule has 0 aliphatic carbocycles. The minimum Gasteiger partial charge on any atom is -0.365 e. The first-order valence-corrected chi connectivity index (χ1v) is 3.65. The molecule has 62 valence electrons. The number of rotatable bonds is 2. The monoisotopic (exact) mass is 156 g/mol. The molecule has 0 radical (unpaired) electrons. The van der Waals surface area contributed by atoms with Gasteiger partial charge in [0.2, 0.25) is 0 Å². The highest BCUT2D eigenvalue weighted by Gasteiger charge is 2.13. The van der Waals surface area contributed by atoms with E-state index in [9.17, 15) is 4.39 Å². The summed E-state index contributed by atoms with van der Waals surface area (Å²) in [6.45, 7) is 3.78. The summed E-state index contributed by atoms with van der Waals surface area (Å²) in [5, 5.41) is 0. The second-order valence-electron chi connectivity index (χ2n) is 2.71. The molecule has 1 rings (SSSR count). The maximum absolute atomic E-state index is 13.1. The van der Waals surface area contributed by atoms with Gasteiger partial charge in [-0.15, -0.1) is 0 Å². The molecule has 1 aromatic heterocycles. The molecule has 1 atom stereocenters. The van der Waals surface area contributed by atoms with Crippen molar-refractivity contribution in [2.24, 2.45) is 5.73 Å². The number of nitrogens with one attached hydrogen (secondary N) is 1. The van der Waals surface area contributed by atoms with Crippen molar-refractivity contribution >= 4 is 0 Å². The number of H-pyrrole nitrogens is 1. The Labute approximate surface area is 65.6 Å². The summed E-state index contributed by atoms with van der Waals surface area (Å²) in [5.41, 5.74) is 7.75. The highest BCUT2D eigenvalue weighted by atomic mass is 19.1. The average molecular weight is 156 g/mol. The van der Waals surface area contributed by atoms with Crippen molar-refractivity contribution in [1.29, 1.82) is 0 Å². The van der Waals surface area contributed by atoms with Crippen molar-refractivity contribution in [3.05, 3.63) is 23.0 Å². The normalized spacial score (nSPS) is 13.5. The van der Waals surface area contributed by atoms with Gasteiger partial charge in [-0.25, -0.2) is 4.39 Å². The minimum absolute atomic E-state index is 0.0551. The fraction of sp³-hybridized carbons (Fsp3) is 0.500. The lowest BCUT2D eigenvalue weighted by atomic mass is 10.1. The van der Waals surface area contributed by atoms with Gasteiger partial charge in [0.25, 0.3) is 0 Å². The molecule has 0 bridgehead atoms. The Morgan fingerprint density at radius 3 is 2.64 bits per heavy atom. The smallest absolute Gasteiger partial charge is 0.139 e. The van der Waals surface area contributed by atoms with Crippen molar-refractivity contribution in [3.8, 4) is 0 Å². The number of nitrogens with two attached hydrogens (primary N) is 1. The SMILES string of the molecule is Cc1c[nH]c(C)c1C(F)CN. The molecule has 0 aromatic carbocycles. The first-order chi connectivity index (χ1) is 5.16. The van der Waals surface area contributed by atoms with E-state index in [1.807, 2.05) is 13.8 Å². The number of alkyl halides is 1. The zero-order chi connectivity index (χ0) is 8.43. The van der Waals surface area contributed by atoms with E-state index in [0.717, 1.165) is 11.3 Å². The van der Waals surface area contributed by atoms with E-state index >= 15 is 0 Å². The summed E-state index contributed by atoms with van der Waals surface area (Å²) < 4.78 is 13.1. The summed E-state index contributed by atoms with van der Waals surface area (Å²) in [4.78, 5) is 2.96. The van der Waals surface area contributed by atoms with Crippen LogP contribution >= 0.6 is 0 Å². The van der Waals surface area contributed by atoms with Gasteiger partial charge in [0.1, 0.15) is 6.17 Å². The molecule has 3 N–H and O–H groups in total. The molecule has 2 nitrogen and oxygen atoms in total. The molecule has 0 saturated heterocycles. The molecular weight excluding hydrogens is 143 g/mol. The van der Waals surface area contributed by atoms with Gasteiger partial charge in [0, 0.05) is 24.0 Å². The van der Waals surface area contributed by atoms with Crippen LogP contribution in [0.4, 0.5) is 4.39 Å². The van der Waals surface area contributed by atoms with E-state index in [-0.39, 0.29) is 6.54 Å². The highest BCUT2D eigenvalue weighted by Crippen LogP contribution is 2.22. The number of aromatic nitrogens is 1. The Hall–Kier alpha value is -0.830. The number of hydrogen-bond acceptors (Lipinski definition) is 1. The van der Waals surface area contributed by atoms with Gasteiger partial charge in [-0.3, -0.25) is 0 Å². The second kappa shape index (κ2) is 3.05. The largest absolute Gasteiger partial charge is 0.365 e. The van der Waals surface area contributed by atoms with Crippen LogP contribution in [0.3, 0.4) is 0 Å². The molecule has 11 heavy (non-hydrogen) atoms. The maximum Gasteiger partial charge on any atom is 0.139 e. The first kappa shape index (κ1) is 8.27. The Bertz CT molecular complexity index is 223. The first-order valence-electron chi connectivity index (χ1n) is 3.65. The van der Waals surface area contributed by atoms with E-state index in [0.29, 0.717) is 5.56 Å². The lowest BCUT2D eigenvalue weighted by Gasteiger charge is -2.05. The van der Waals surface area contributed by atoms with Gasteiger partial charge in [0.05, 0.1) is 0 Å². The molecule has 1 unspecified atom stereocenters. The zero-order valence-electron chi connectivity index (χ0n) is 6.82. The van der Waals surface area contributed by atoms with Crippen LogP contribution < -0.4 is 5.73 Å². The molecule has 1 heterocycles. The summed E-state index contributed by atoms with van der Waals surface area (Å²) in [6, 6.07) is 0. The number of aromatic amines is 1. The fourth-order valence-corrected chi connectivity index (χ4v) is 1.27. The summed E-state index contributed by atoms with van der Waals surface area (Å²) >= 11 is 0. The van der Waals surface area contributed by atoms with E-state index in [1.165, 1.54) is 0 Å². The second-order valence-corrected chi connectivity index (χ2v) is 2.71. The predicted molar refractivity (Wildman–Crippen MR) is 43.2 cm³/mol. The molecule has 0 fully saturated rings.